The van der Waals surface area contributed by atoms with Crippen LogP contribution < -0.4 is 5.32 Å². The minimum absolute atomic E-state index is 0.0138. The van der Waals surface area contributed by atoms with Crippen LogP contribution in [-0.4, -0.2) is 29.3 Å². The molecule has 5 nitrogen and oxygen atoms in total. The topological polar surface area (TPSA) is 62.6 Å². The molecule has 1 aliphatic heterocycles. The predicted octanol–water partition coefficient (Wildman–Crippen LogP) is 5.75. The maximum absolute atomic E-state index is 13.6. The summed E-state index contributed by atoms with van der Waals surface area (Å²) in [6.45, 7) is 0.732. The first-order chi connectivity index (χ1) is 15.2. The molecule has 5 heteroatoms. The summed E-state index contributed by atoms with van der Waals surface area (Å²) in [5.74, 6) is 1.16. The smallest absolute Gasteiger partial charge is 0.247 e. The number of fused-ring (bicyclic) bond motifs is 1. The number of rotatable bonds is 4. The van der Waals surface area contributed by atoms with Crippen molar-refractivity contribution in [3.8, 4) is 0 Å². The number of hydrogen-bond donors (Lipinski definition) is 1. The van der Waals surface area contributed by atoms with Gasteiger partial charge in [0.05, 0.1) is 6.26 Å². The Morgan fingerprint density at radius 1 is 0.903 bits per heavy atom. The van der Waals surface area contributed by atoms with Crippen LogP contribution in [0.15, 0.2) is 34.9 Å². The lowest BCUT2D eigenvalue weighted by molar-refractivity contribution is -0.142. The summed E-state index contributed by atoms with van der Waals surface area (Å²) in [6, 6.07) is 7.31. The number of amides is 2. The number of carbonyl (C=O) groups excluding carboxylic acids is 2. The average Bonchev–Trinajstić information content (AvgIpc) is 3.46. The first-order valence-electron chi connectivity index (χ1n) is 12.3. The van der Waals surface area contributed by atoms with E-state index in [-0.39, 0.29) is 29.7 Å². The van der Waals surface area contributed by atoms with Crippen molar-refractivity contribution in [1.82, 2.24) is 4.90 Å². The minimum atomic E-state index is -0.336. The molecule has 31 heavy (non-hydrogen) atoms. The molecule has 2 saturated carbocycles. The Kier molecular flexibility index (Phi) is 6.02. The van der Waals surface area contributed by atoms with Gasteiger partial charge in [-0.15, -0.1) is 0 Å². The van der Waals surface area contributed by atoms with Crippen molar-refractivity contribution < 1.29 is 14.0 Å². The number of anilines is 1. The number of nitrogens with one attached hydrogen (secondary N) is 1. The number of hydrogen-bond acceptors (Lipinski definition) is 3. The third kappa shape index (κ3) is 4.24. The molecule has 0 spiro atoms. The van der Waals surface area contributed by atoms with Crippen LogP contribution >= 0.6 is 0 Å². The van der Waals surface area contributed by atoms with Crippen LogP contribution in [0.25, 0.3) is 11.0 Å². The van der Waals surface area contributed by atoms with E-state index in [1.54, 1.807) is 6.26 Å². The molecule has 1 aromatic heterocycles. The average molecular weight is 423 g/mol. The summed E-state index contributed by atoms with van der Waals surface area (Å²) in [5, 5.41) is 4.12. The Balaban J connectivity index is 1.38. The van der Waals surface area contributed by atoms with Crippen molar-refractivity contribution in [3.63, 3.8) is 0 Å². The van der Waals surface area contributed by atoms with Gasteiger partial charge in [0.25, 0.3) is 0 Å². The number of benzene rings is 1. The lowest BCUT2D eigenvalue weighted by Gasteiger charge is -2.35. The van der Waals surface area contributed by atoms with Gasteiger partial charge in [-0.05, 0) is 55.4 Å². The van der Waals surface area contributed by atoms with Gasteiger partial charge in [0.15, 0.2) is 0 Å². The molecule has 2 heterocycles. The fourth-order valence-electron chi connectivity index (χ4n) is 6.30. The third-order valence-corrected chi connectivity index (χ3v) is 7.93. The van der Waals surface area contributed by atoms with Crippen molar-refractivity contribution in [2.45, 2.75) is 76.7 Å². The van der Waals surface area contributed by atoms with E-state index in [0.29, 0.717) is 5.92 Å². The summed E-state index contributed by atoms with van der Waals surface area (Å²) in [4.78, 5) is 29.0. The van der Waals surface area contributed by atoms with E-state index in [2.05, 4.69) is 5.32 Å². The van der Waals surface area contributed by atoms with Crippen LogP contribution in [0.2, 0.25) is 0 Å². The van der Waals surface area contributed by atoms with Gasteiger partial charge in [-0.25, -0.2) is 0 Å². The summed E-state index contributed by atoms with van der Waals surface area (Å²) in [5.41, 5.74) is 1.59. The Morgan fingerprint density at radius 2 is 1.65 bits per heavy atom. The van der Waals surface area contributed by atoms with E-state index in [1.807, 2.05) is 29.2 Å². The Labute approximate surface area is 184 Å². The maximum atomic E-state index is 13.6. The Hall–Kier alpha value is -2.30. The number of nitrogens with zero attached hydrogens (tertiary/aromatic N) is 1. The van der Waals surface area contributed by atoms with Gasteiger partial charge in [-0.3, -0.25) is 9.59 Å². The van der Waals surface area contributed by atoms with E-state index in [1.165, 1.54) is 38.5 Å². The molecule has 0 unspecified atom stereocenters. The Morgan fingerprint density at radius 3 is 2.42 bits per heavy atom. The van der Waals surface area contributed by atoms with Gasteiger partial charge < -0.3 is 14.6 Å². The standard InChI is InChI=1S/C26H34N2O3/c29-25(27-21-11-12-23-20(17-21)14-16-31-23)24-22(18-7-3-1-4-8-18)13-15-28(24)26(30)19-9-5-2-6-10-19/h11-12,14,16-19,22,24H,1-10,13,15H2,(H,27,29)/t22-,24-/m0/s1. The van der Waals surface area contributed by atoms with E-state index in [4.69, 9.17) is 4.42 Å². The van der Waals surface area contributed by atoms with Gasteiger partial charge in [-0.2, -0.15) is 0 Å². The summed E-state index contributed by atoms with van der Waals surface area (Å²) >= 11 is 0. The molecular formula is C26H34N2O3. The van der Waals surface area contributed by atoms with Crippen LogP contribution in [0, 0.1) is 17.8 Å². The highest BCUT2D eigenvalue weighted by molar-refractivity contribution is 5.99. The summed E-state index contributed by atoms with van der Waals surface area (Å²) in [6.07, 6.45) is 14.3. The third-order valence-electron chi connectivity index (χ3n) is 7.93. The molecule has 5 rings (SSSR count). The van der Waals surface area contributed by atoms with E-state index in [0.717, 1.165) is 55.3 Å². The second-order valence-electron chi connectivity index (χ2n) is 9.82. The van der Waals surface area contributed by atoms with E-state index >= 15 is 0 Å². The molecule has 2 aliphatic carbocycles. The van der Waals surface area contributed by atoms with Crippen molar-refractivity contribution in [2.75, 3.05) is 11.9 Å². The molecule has 1 saturated heterocycles. The normalized spacial score (nSPS) is 25.7. The van der Waals surface area contributed by atoms with Gasteiger partial charge in [0, 0.05) is 23.5 Å². The minimum Gasteiger partial charge on any atom is -0.464 e. The molecule has 2 atom stereocenters. The fourth-order valence-corrected chi connectivity index (χ4v) is 6.30. The van der Waals surface area contributed by atoms with Crippen molar-refractivity contribution >= 4 is 28.5 Å². The molecular weight excluding hydrogens is 388 g/mol. The molecule has 3 aliphatic rings. The van der Waals surface area contributed by atoms with Crippen LogP contribution in [0.1, 0.15) is 70.6 Å². The van der Waals surface area contributed by atoms with Gasteiger partial charge in [0.2, 0.25) is 11.8 Å². The first kappa shape index (κ1) is 20.6. The first-order valence-corrected chi connectivity index (χ1v) is 12.3. The molecule has 2 amide bonds. The van der Waals surface area contributed by atoms with Crippen molar-refractivity contribution in [2.24, 2.45) is 17.8 Å². The van der Waals surface area contributed by atoms with Crippen LogP contribution in [0.5, 0.6) is 0 Å². The molecule has 1 aromatic carbocycles. The van der Waals surface area contributed by atoms with Crippen LogP contribution in [-0.2, 0) is 9.59 Å². The molecule has 0 bridgehead atoms. The summed E-state index contributed by atoms with van der Waals surface area (Å²) < 4.78 is 5.42. The molecule has 3 fully saturated rings. The molecule has 166 valence electrons. The number of likely N-dealkylation sites (tertiary alicyclic amines) is 1. The van der Waals surface area contributed by atoms with Crippen LogP contribution in [0.4, 0.5) is 5.69 Å². The van der Waals surface area contributed by atoms with Gasteiger partial charge in [-0.1, -0.05) is 51.4 Å². The zero-order valence-electron chi connectivity index (χ0n) is 18.4. The maximum Gasteiger partial charge on any atom is 0.247 e. The highest BCUT2D eigenvalue weighted by Gasteiger charge is 2.46. The highest BCUT2D eigenvalue weighted by atomic mass is 16.3. The zero-order valence-corrected chi connectivity index (χ0v) is 18.4. The van der Waals surface area contributed by atoms with E-state index in [9.17, 15) is 9.59 Å². The zero-order chi connectivity index (χ0) is 21.2. The molecule has 0 radical (unpaired) electrons. The van der Waals surface area contributed by atoms with Gasteiger partial charge >= 0.3 is 0 Å². The lowest BCUT2D eigenvalue weighted by atomic mass is 9.76. The fraction of sp³-hybridized carbons (Fsp3) is 0.615. The second kappa shape index (κ2) is 9.05. The molecule has 2 aromatic rings. The predicted molar refractivity (Wildman–Crippen MR) is 122 cm³/mol. The monoisotopic (exact) mass is 422 g/mol. The highest BCUT2D eigenvalue weighted by Crippen LogP contribution is 2.40. The van der Waals surface area contributed by atoms with E-state index < -0.39 is 0 Å². The largest absolute Gasteiger partial charge is 0.464 e. The SMILES string of the molecule is O=C(Nc1ccc2occc2c1)[C@@H]1[C@H](C2CCCCC2)CCN1C(=O)C1CCCCC1. The molecule has 1 N–H and O–H groups in total. The van der Waals surface area contributed by atoms with Crippen molar-refractivity contribution in [3.05, 3.63) is 30.5 Å². The van der Waals surface area contributed by atoms with Crippen LogP contribution in [0.3, 0.4) is 0 Å². The quantitative estimate of drug-likeness (QED) is 0.682. The number of carbonyl (C=O) groups is 2. The lowest BCUT2D eigenvalue weighted by Crippen LogP contribution is -2.49. The van der Waals surface area contributed by atoms with Gasteiger partial charge in [0.1, 0.15) is 11.6 Å². The second-order valence-corrected chi connectivity index (χ2v) is 9.82. The Bertz CT molecular complexity index is 924. The number of furan rings is 1. The van der Waals surface area contributed by atoms with Crippen molar-refractivity contribution in [1.29, 1.82) is 0 Å². The summed E-state index contributed by atoms with van der Waals surface area (Å²) in [7, 11) is 0.